The van der Waals surface area contributed by atoms with Crippen molar-refractivity contribution in [2.75, 3.05) is 33.5 Å². The van der Waals surface area contributed by atoms with Gasteiger partial charge in [0.15, 0.2) is 11.5 Å². The predicted molar refractivity (Wildman–Crippen MR) is 76.9 cm³/mol. The molecule has 2 rings (SSSR count). The van der Waals surface area contributed by atoms with Crippen LogP contribution in [-0.2, 0) is 4.74 Å². The molecule has 1 saturated heterocycles. The number of carbonyl (C=O) groups excluding carboxylic acids is 1. The molecule has 1 fully saturated rings. The van der Waals surface area contributed by atoms with Gasteiger partial charge in [0, 0.05) is 25.1 Å². The highest BCUT2D eigenvalue weighted by Gasteiger charge is 2.32. The van der Waals surface area contributed by atoms with E-state index in [2.05, 4.69) is 5.32 Å². The summed E-state index contributed by atoms with van der Waals surface area (Å²) in [6, 6.07) is 4.98. The van der Waals surface area contributed by atoms with E-state index in [1.807, 2.05) is 6.92 Å². The number of aliphatic hydroxyl groups is 1. The van der Waals surface area contributed by atoms with Crippen LogP contribution >= 0.6 is 0 Å². The van der Waals surface area contributed by atoms with E-state index in [1.54, 1.807) is 18.2 Å². The van der Waals surface area contributed by atoms with Gasteiger partial charge in [0.2, 0.25) is 0 Å². The third-order valence-electron chi connectivity index (χ3n) is 3.39. The lowest BCUT2D eigenvalue weighted by Gasteiger charge is -2.20. The summed E-state index contributed by atoms with van der Waals surface area (Å²) in [5.74, 6) is 0.837. The molecule has 6 heteroatoms. The molecule has 1 aliphatic rings. The molecule has 1 amide bonds. The quantitative estimate of drug-likeness (QED) is 0.818. The standard InChI is InChI=1S/C15H21NO5/c1-3-21-12-5-4-11(8-13(12)19-2)14(17)16-9-15(18)6-7-20-10-15/h4-5,8,18H,3,6-7,9-10H2,1-2H3,(H,16,17). The van der Waals surface area contributed by atoms with Gasteiger partial charge in [-0.1, -0.05) is 0 Å². The van der Waals surface area contributed by atoms with Crippen molar-refractivity contribution in [1.82, 2.24) is 5.32 Å². The predicted octanol–water partition coefficient (Wildman–Crippen LogP) is 0.975. The normalized spacial score (nSPS) is 21.1. The van der Waals surface area contributed by atoms with Crippen molar-refractivity contribution in [2.24, 2.45) is 0 Å². The van der Waals surface area contributed by atoms with Gasteiger partial charge in [-0.15, -0.1) is 0 Å². The molecule has 1 aliphatic heterocycles. The van der Waals surface area contributed by atoms with E-state index < -0.39 is 5.60 Å². The average molecular weight is 295 g/mol. The van der Waals surface area contributed by atoms with Crippen LogP contribution in [-0.4, -0.2) is 50.1 Å². The van der Waals surface area contributed by atoms with Gasteiger partial charge in [-0.25, -0.2) is 0 Å². The average Bonchev–Trinajstić information content (AvgIpc) is 2.93. The number of nitrogens with one attached hydrogen (secondary N) is 1. The molecule has 0 radical (unpaired) electrons. The molecule has 1 unspecified atom stereocenters. The number of hydrogen-bond acceptors (Lipinski definition) is 5. The Bertz CT molecular complexity index is 497. The number of amides is 1. The first-order valence-corrected chi connectivity index (χ1v) is 6.97. The van der Waals surface area contributed by atoms with Crippen LogP contribution in [0.15, 0.2) is 18.2 Å². The Kier molecular flexibility index (Phi) is 5.03. The van der Waals surface area contributed by atoms with E-state index in [0.717, 1.165) is 0 Å². The number of carbonyl (C=O) groups is 1. The minimum absolute atomic E-state index is 0.168. The van der Waals surface area contributed by atoms with Crippen molar-refractivity contribution in [1.29, 1.82) is 0 Å². The zero-order chi connectivity index (χ0) is 15.3. The number of hydrogen-bond donors (Lipinski definition) is 2. The molecule has 1 aromatic carbocycles. The van der Waals surface area contributed by atoms with Crippen molar-refractivity contribution in [3.63, 3.8) is 0 Å². The highest BCUT2D eigenvalue weighted by atomic mass is 16.5. The third kappa shape index (κ3) is 3.86. The topological polar surface area (TPSA) is 77.0 Å². The van der Waals surface area contributed by atoms with Crippen molar-refractivity contribution in [2.45, 2.75) is 18.9 Å². The molecule has 1 heterocycles. The maximum Gasteiger partial charge on any atom is 0.251 e. The minimum atomic E-state index is -0.967. The molecule has 0 bridgehead atoms. The number of rotatable bonds is 6. The molecule has 1 atom stereocenters. The van der Waals surface area contributed by atoms with E-state index in [0.29, 0.717) is 36.7 Å². The van der Waals surface area contributed by atoms with Gasteiger partial charge < -0.3 is 24.6 Å². The Morgan fingerprint density at radius 1 is 1.48 bits per heavy atom. The van der Waals surface area contributed by atoms with E-state index in [4.69, 9.17) is 14.2 Å². The summed E-state index contributed by atoms with van der Waals surface area (Å²) in [7, 11) is 1.53. The first-order chi connectivity index (χ1) is 10.1. The van der Waals surface area contributed by atoms with Gasteiger partial charge in [-0.05, 0) is 25.1 Å². The Balaban J connectivity index is 2.01. The fourth-order valence-corrected chi connectivity index (χ4v) is 2.17. The van der Waals surface area contributed by atoms with Crippen LogP contribution < -0.4 is 14.8 Å². The summed E-state index contributed by atoms with van der Waals surface area (Å²) < 4.78 is 15.8. The Labute approximate surface area is 124 Å². The molecule has 21 heavy (non-hydrogen) atoms. The lowest BCUT2D eigenvalue weighted by atomic mass is 10.0. The Morgan fingerprint density at radius 3 is 2.90 bits per heavy atom. The second-order valence-corrected chi connectivity index (χ2v) is 5.01. The van der Waals surface area contributed by atoms with Gasteiger partial charge >= 0.3 is 0 Å². The Morgan fingerprint density at radius 2 is 2.29 bits per heavy atom. The zero-order valence-electron chi connectivity index (χ0n) is 12.3. The van der Waals surface area contributed by atoms with Gasteiger partial charge in [-0.3, -0.25) is 4.79 Å². The third-order valence-corrected chi connectivity index (χ3v) is 3.39. The van der Waals surface area contributed by atoms with Crippen LogP contribution in [0, 0.1) is 0 Å². The summed E-state index contributed by atoms with van der Waals surface area (Å²) in [6.07, 6.45) is 0.528. The molecule has 2 N–H and O–H groups in total. The number of ether oxygens (including phenoxy) is 3. The molecule has 0 aliphatic carbocycles. The second-order valence-electron chi connectivity index (χ2n) is 5.01. The van der Waals surface area contributed by atoms with Crippen LogP contribution in [0.3, 0.4) is 0 Å². The number of benzene rings is 1. The molecule has 0 aromatic heterocycles. The summed E-state index contributed by atoms with van der Waals surface area (Å²) in [4.78, 5) is 12.1. The smallest absolute Gasteiger partial charge is 0.251 e. The number of methoxy groups -OCH3 is 1. The molecule has 0 saturated carbocycles. The van der Waals surface area contributed by atoms with Crippen molar-refractivity contribution < 1.29 is 24.1 Å². The maximum absolute atomic E-state index is 12.1. The van der Waals surface area contributed by atoms with Crippen molar-refractivity contribution in [3.8, 4) is 11.5 Å². The van der Waals surface area contributed by atoms with Crippen LogP contribution in [0.25, 0.3) is 0 Å². The van der Waals surface area contributed by atoms with Crippen LogP contribution in [0.2, 0.25) is 0 Å². The molecule has 1 aromatic rings. The summed E-state index contributed by atoms with van der Waals surface area (Å²) in [5, 5.41) is 12.8. The van der Waals surface area contributed by atoms with Gasteiger partial charge in [-0.2, -0.15) is 0 Å². The summed E-state index contributed by atoms with van der Waals surface area (Å²) in [5.41, 5.74) is -0.511. The molecule has 116 valence electrons. The molecule has 6 nitrogen and oxygen atoms in total. The van der Waals surface area contributed by atoms with Crippen LogP contribution in [0.1, 0.15) is 23.7 Å². The summed E-state index contributed by atoms with van der Waals surface area (Å²) in [6.45, 7) is 3.34. The fraction of sp³-hybridized carbons (Fsp3) is 0.533. The first kappa shape index (κ1) is 15.6. The van der Waals surface area contributed by atoms with Crippen LogP contribution in [0.4, 0.5) is 0 Å². The Hall–Kier alpha value is -1.79. The van der Waals surface area contributed by atoms with E-state index in [-0.39, 0.29) is 19.1 Å². The molecule has 0 spiro atoms. The monoisotopic (exact) mass is 295 g/mol. The van der Waals surface area contributed by atoms with Gasteiger partial charge in [0.05, 0.1) is 20.3 Å². The molecular weight excluding hydrogens is 274 g/mol. The first-order valence-electron chi connectivity index (χ1n) is 6.97. The largest absolute Gasteiger partial charge is 0.493 e. The SMILES string of the molecule is CCOc1ccc(C(=O)NCC2(O)CCOC2)cc1OC. The molecular formula is C15H21NO5. The fourth-order valence-electron chi connectivity index (χ4n) is 2.17. The second kappa shape index (κ2) is 6.78. The van der Waals surface area contributed by atoms with E-state index in [9.17, 15) is 9.90 Å². The van der Waals surface area contributed by atoms with E-state index >= 15 is 0 Å². The lowest BCUT2D eigenvalue weighted by molar-refractivity contribution is 0.0264. The zero-order valence-corrected chi connectivity index (χ0v) is 12.3. The van der Waals surface area contributed by atoms with Crippen LogP contribution in [0.5, 0.6) is 11.5 Å². The van der Waals surface area contributed by atoms with Gasteiger partial charge in [0.25, 0.3) is 5.91 Å². The van der Waals surface area contributed by atoms with Crippen molar-refractivity contribution in [3.05, 3.63) is 23.8 Å². The maximum atomic E-state index is 12.1. The van der Waals surface area contributed by atoms with Gasteiger partial charge in [0.1, 0.15) is 5.60 Å². The summed E-state index contributed by atoms with van der Waals surface area (Å²) >= 11 is 0. The lowest BCUT2D eigenvalue weighted by Crippen LogP contribution is -2.43. The minimum Gasteiger partial charge on any atom is -0.493 e. The van der Waals surface area contributed by atoms with E-state index in [1.165, 1.54) is 7.11 Å². The van der Waals surface area contributed by atoms with Crippen molar-refractivity contribution >= 4 is 5.91 Å². The highest BCUT2D eigenvalue weighted by Crippen LogP contribution is 2.28. The highest BCUT2D eigenvalue weighted by molar-refractivity contribution is 5.94.